The number of rotatable bonds is 6. The summed E-state index contributed by atoms with van der Waals surface area (Å²) in [7, 11) is -2.05. The van der Waals surface area contributed by atoms with Gasteiger partial charge in [-0.15, -0.1) is 0 Å². The number of sulfonamides is 1. The van der Waals surface area contributed by atoms with Gasteiger partial charge < -0.3 is 10.5 Å². The molecule has 18 heavy (non-hydrogen) atoms. The summed E-state index contributed by atoms with van der Waals surface area (Å²) in [4.78, 5) is 0.0584. The van der Waals surface area contributed by atoms with Gasteiger partial charge in [-0.2, -0.15) is 0 Å². The minimum atomic E-state index is -3.62. The largest absolute Gasteiger partial charge is 0.398 e. The van der Waals surface area contributed by atoms with Crippen LogP contribution in [0.2, 0.25) is 0 Å². The molecule has 1 aromatic carbocycles. The molecule has 0 bridgehead atoms. The second-order valence-electron chi connectivity index (χ2n) is 3.55. The summed E-state index contributed by atoms with van der Waals surface area (Å²) in [6, 6.07) is 3.19. The molecule has 0 amide bonds. The van der Waals surface area contributed by atoms with E-state index in [1.165, 1.54) is 0 Å². The van der Waals surface area contributed by atoms with Crippen molar-refractivity contribution in [1.29, 1.82) is 0 Å². The van der Waals surface area contributed by atoms with Crippen LogP contribution >= 0.6 is 31.9 Å². The van der Waals surface area contributed by atoms with Gasteiger partial charge >= 0.3 is 0 Å². The van der Waals surface area contributed by atoms with Gasteiger partial charge in [-0.3, -0.25) is 0 Å². The van der Waals surface area contributed by atoms with Gasteiger partial charge in [0.15, 0.2) is 0 Å². The number of nitrogen functional groups attached to an aromatic ring is 1. The first-order chi connectivity index (χ1) is 8.38. The molecule has 0 spiro atoms. The molecule has 0 atom stereocenters. The third-order valence-corrected chi connectivity index (χ3v) is 5.05. The molecular weight excluding hydrogens is 388 g/mol. The lowest BCUT2D eigenvalue weighted by Crippen LogP contribution is -2.26. The van der Waals surface area contributed by atoms with Crippen LogP contribution in [0.15, 0.2) is 26.0 Å². The van der Waals surface area contributed by atoms with Crippen LogP contribution in [0, 0.1) is 0 Å². The first kappa shape index (κ1) is 15.9. The summed E-state index contributed by atoms with van der Waals surface area (Å²) >= 11 is 6.45. The molecule has 0 radical (unpaired) electrons. The number of halogens is 2. The predicted molar refractivity (Wildman–Crippen MR) is 77.9 cm³/mol. The Kier molecular flexibility index (Phi) is 6.06. The number of benzene rings is 1. The third-order valence-electron chi connectivity index (χ3n) is 2.12. The zero-order chi connectivity index (χ0) is 13.8. The van der Waals surface area contributed by atoms with Crippen LogP contribution < -0.4 is 10.5 Å². The van der Waals surface area contributed by atoms with Crippen molar-refractivity contribution in [1.82, 2.24) is 4.72 Å². The van der Waals surface area contributed by atoms with Crippen molar-refractivity contribution in [3.05, 3.63) is 21.1 Å². The molecule has 5 nitrogen and oxygen atoms in total. The smallest absolute Gasteiger partial charge is 0.243 e. The maximum absolute atomic E-state index is 12.1. The van der Waals surface area contributed by atoms with E-state index in [-0.39, 0.29) is 10.6 Å². The van der Waals surface area contributed by atoms with Gasteiger partial charge in [-0.25, -0.2) is 13.1 Å². The van der Waals surface area contributed by atoms with Crippen molar-refractivity contribution in [2.24, 2.45) is 0 Å². The van der Waals surface area contributed by atoms with Crippen LogP contribution in [0.25, 0.3) is 0 Å². The van der Waals surface area contributed by atoms with Gasteiger partial charge in [0.25, 0.3) is 0 Å². The van der Waals surface area contributed by atoms with Crippen molar-refractivity contribution in [2.45, 2.75) is 11.3 Å². The monoisotopic (exact) mass is 400 g/mol. The van der Waals surface area contributed by atoms with Gasteiger partial charge in [-0.05, 0) is 34.5 Å². The molecule has 0 aliphatic rings. The molecule has 0 aliphatic heterocycles. The molecule has 3 N–H and O–H groups in total. The maximum Gasteiger partial charge on any atom is 0.243 e. The van der Waals surface area contributed by atoms with E-state index >= 15 is 0 Å². The Hall–Kier alpha value is -0.150. The Morgan fingerprint density at radius 1 is 1.39 bits per heavy atom. The quantitative estimate of drug-likeness (QED) is 0.565. The fourth-order valence-electron chi connectivity index (χ4n) is 1.36. The molecule has 1 rings (SSSR count). The molecule has 0 saturated heterocycles. The number of ether oxygens (including phenoxy) is 1. The van der Waals surface area contributed by atoms with Crippen LogP contribution in [0.5, 0.6) is 0 Å². The molecule has 0 unspecified atom stereocenters. The van der Waals surface area contributed by atoms with Crippen LogP contribution in [0.3, 0.4) is 0 Å². The predicted octanol–water partition coefficient (Wildman–Crippen LogP) is 2.11. The van der Waals surface area contributed by atoms with Gasteiger partial charge in [0.05, 0.1) is 5.69 Å². The van der Waals surface area contributed by atoms with Crippen LogP contribution in [-0.4, -0.2) is 28.7 Å². The second kappa shape index (κ2) is 6.85. The average molecular weight is 402 g/mol. The Morgan fingerprint density at radius 3 is 2.61 bits per heavy atom. The van der Waals surface area contributed by atoms with Crippen molar-refractivity contribution in [3.63, 3.8) is 0 Å². The van der Waals surface area contributed by atoms with Crippen molar-refractivity contribution in [2.75, 3.05) is 26.0 Å². The highest BCUT2D eigenvalue weighted by Gasteiger charge is 2.20. The highest BCUT2D eigenvalue weighted by Crippen LogP contribution is 2.31. The highest BCUT2D eigenvalue weighted by atomic mass is 79.9. The standard InChI is InChI=1S/C10H14Br2N2O3S/c1-17-4-2-3-14-18(15,16)10-8(12)5-7(11)6-9(10)13/h5-6,14H,2-4,13H2,1H3. The minimum Gasteiger partial charge on any atom is -0.398 e. The van der Waals surface area contributed by atoms with Gasteiger partial charge in [0.2, 0.25) is 10.0 Å². The average Bonchev–Trinajstić information content (AvgIpc) is 2.22. The van der Waals surface area contributed by atoms with E-state index < -0.39 is 10.0 Å². The zero-order valence-electron chi connectivity index (χ0n) is 9.74. The topological polar surface area (TPSA) is 81.4 Å². The molecule has 0 heterocycles. The van der Waals surface area contributed by atoms with Crippen molar-refractivity contribution >= 4 is 47.6 Å². The summed E-state index contributed by atoms with van der Waals surface area (Å²) in [5, 5.41) is 0. The Morgan fingerprint density at radius 2 is 2.06 bits per heavy atom. The number of methoxy groups -OCH3 is 1. The molecule has 0 saturated carbocycles. The zero-order valence-corrected chi connectivity index (χ0v) is 13.7. The van der Waals surface area contributed by atoms with Gasteiger partial charge in [-0.1, -0.05) is 15.9 Å². The summed E-state index contributed by atoms with van der Waals surface area (Å²) < 4.78 is 32.6. The summed E-state index contributed by atoms with van der Waals surface area (Å²) in [6.45, 7) is 0.803. The highest BCUT2D eigenvalue weighted by molar-refractivity contribution is 9.11. The Bertz CT molecular complexity index is 497. The fourth-order valence-corrected chi connectivity index (χ4v) is 4.50. The van der Waals surface area contributed by atoms with Crippen molar-refractivity contribution in [3.8, 4) is 0 Å². The number of nitrogens with two attached hydrogens (primary N) is 1. The van der Waals surface area contributed by atoms with E-state index in [4.69, 9.17) is 10.5 Å². The van der Waals surface area contributed by atoms with E-state index in [1.807, 2.05) is 0 Å². The van der Waals surface area contributed by atoms with Crippen LogP contribution in [-0.2, 0) is 14.8 Å². The van der Waals surface area contributed by atoms with E-state index in [9.17, 15) is 8.42 Å². The number of hydrogen-bond donors (Lipinski definition) is 2. The number of nitrogens with one attached hydrogen (secondary N) is 1. The summed E-state index contributed by atoms with van der Waals surface area (Å²) in [5.41, 5.74) is 5.93. The van der Waals surface area contributed by atoms with E-state index in [1.54, 1.807) is 19.2 Å². The lowest BCUT2D eigenvalue weighted by Gasteiger charge is -2.11. The van der Waals surface area contributed by atoms with Crippen LogP contribution in [0.1, 0.15) is 6.42 Å². The lowest BCUT2D eigenvalue weighted by molar-refractivity contribution is 0.196. The normalized spacial score (nSPS) is 11.7. The lowest BCUT2D eigenvalue weighted by atomic mass is 10.3. The number of anilines is 1. The molecule has 102 valence electrons. The molecule has 0 aliphatic carbocycles. The molecule has 0 fully saturated rings. The first-order valence-electron chi connectivity index (χ1n) is 5.11. The van der Waals surface area contributed by atoms with E-state index in [2.05, 4.69) is 36.6 Å². The minimum absolute atomic E-state index is 0.0584. The Labute approximate surface area is 123 Å². The van der Waals surface area contributed by atoms with Gasteiger partial charge in [0, 0.05) is 29.2 Å². The summed E-state index contributed by atoms with van der Waals surface area (Å²) in [6.07, 6.45) is 0.601. The van der Waals surface area contributed by atoms with Crippen molar-refractivity contribution < 1.29 is 13.2 Å². The second-order valence-corrected chi connectivity index (χ2v) is 7.02. The van der Waals surface area contributed by atoms with Gasteiger partial charge in [0.1, 0.15) is 4.90 Å². The van der Waals surface area contributed by atoms with E-state index in [0.717, 1.165) is 0 Å². The Balaban J connectivity index is 2.92. The fraction of sp³-hybridized carbons (Fsp3) is 0.400. The summed E-state index contributed by atoms with van der Waals surface area (Å²) in [5.74, 6) is 0. The molecular formula is C10H14Br2N2O3S. The first-order valence-corrected chi connectivity index (χ1v) is 8.18. The molecule has 1 aromatic rings. The van der Waals surface area contributed by atoms with Crippen LogP contribution in [0.4, 0.5) is 5.69 Å². The molecule has 0 aromatic heterocycles. The molecule has 8 heteroatoms. The van der Waals surface area contributed by atoms with E-state index in [0.29, 0.717) is 28.5 Å². The SMILES string of the molecule is COCCCNS(=O)(=O)c1c(N)cc(Br)cc1Br. The maximum atomic E-state index is 12.1. The number of hydrogen-bond acceptors (Lipinski definition) is 4. The third kappa shape index (κ3) is 4.20.